The van der Waals surface area contributed by atoms with Gasteiger partial charge in [0.2, 0.25) is 0 Å². The maximum absolute atomic E-state index is 13.8. The third kappa shape index (κ3) is 3.32. The number of hydrogen-bond donors (Lipinski definition) is 1. The summed E-state index contributed by atoms with van der Waals surface area (Å²) in [6.07, 6.45) is 0.0391. The van der Waals surface area contributed by atoms with Crippen LogP contribution in [0.25, 0.3) is 10.9 Å². The van der Waals surface area contributed by atoms with Crippen molar-refractivity contribution in [3.63, 3.8) is 0 Å². The Bertz CT molecular complexity index is 613. The molecule has 1 aromatic carbocycles. The Morgan fingerprint density at radius 1 is 1.21 bits per heavy atom. The summed E-state index contributed by atoms with van der Waals surface area (Å²) in [6, 6.07) is 2.14. The van der Waals surface area contributed by atoms with E-state index in [9.17, 15) is 23.1 Å². The fraction of sp³-hybridized carbons (Fsp3) is 0.250. The number of carboxylic acids is 1. The minimum Gasteiger partial charge on any atom is -0.550 e. The van der Waals surface area contributed by atoms with Gasteiger partial charge in [-0.15, -0.1) is 0 Å². The Kier molecular flexibility index (Phi) is 5.46. The number of hydrogen-bond acceptors (Lipinski definition) is 2. The van der Waals surface area contributed by atoms with Crippen molar-refractivity contribution in [3.8, 4) is 0 Å². The van der Waals surface area contributed by atoms with Crippen LogP contribution in [0.1, 0.15) is 18.5 Å². The van der Waals surface area contributed by atoms with E-state index in [1.165, 1.54) is 6.07 Å². The summed E-state index contributed by atoms with van der Waals surface area (Å²) in [5.41, 5.74) is 0.214. The average Bonchev–Trinajstić information content (AvgIpc) is 2.62. The summed E-state index contributed by atoms with van der Waals surface area (Å²) in [5, 5.41) is 9.79. The van der Waals surface area contributed by atoms with Gasteiger partial charge >= 0.3 is 29.6 Å². The zero-order valence-corrected chi connectivity index (χ0v) is 12.2. The van der Waals surface area contributed by atoms with E-state index in [0.717, 1.165) is 6.07 Å². The molecule has 0 radical (unpaired) electrons. The van der Waals surface area contributed by atoms with Crippen molar-refractivity contribution >= 4 is 16.9 Å². The van der Waals surface area contributed by atoms with Gasteiger partial charge in [-0.05, 0) is 31.4 Å². The number of halogens is 3. The Balaban J connectivity index is 0.00000180. The topological polar surface area (TPSA) is 55.9 Å². The molecule has 0 saturated carbocycles. The van der Waals surface area contributed by atoms with Gasteiger partial charge in [0.15, 0.2) is 17.5 Å². The predicted molar refractivity (Wildman–Crippen MR) is 56.1 cm³/mol. The van der Waals surface area contributed by atoms with Gasteiger partial charge in [-0.3, -0.25) is 0 Å². The molecule has 2 rings (SSSR count). The van der Waals surface area contributed by atoms with Gasteiger partial charge < -0.3 is 14.9 Å². The number of aromatic nitrogens is 1. The molecule has 0 bridgehead atoms. The van der Waals surface area contributed by atoms with Crippen molar-refractivity contribution in [1.82, 2.24) is 4.98 Å². The van der Waals surface area contributed by atoms with Crippen molar-refractivity contribution in [2.24, 2.45) is 0 Å². The third-order valence-corrected chi connectivity index (χ3v) is 2.67. The van der Waals surface area contributed by atoms with Crippen molar-refractivity contribution < 1.29 is 52.6 Å². The van der Waals surface area contributed by atoms with Crippen LogP contribution < -0.4 is 34.7 Å². The van der Waals surface area contributed by atoms with Crippen LogP contribution in [0.5, 0.6) is 0 Å². The number of aromatic amines is 1. The zero-order valence-electron chi connectivity index (χ0n) is 10.2. The normalized spacial score (nSPS) is 10.5. The van der Waals surface area contributed by atoms with Gasteiger partial charge in [0, 0.05) is 5.97 Å². The fourth-order valence-electron chi connectivity index (χ4n) is 1.82. The molecular weight excluding hydrogens is 270 g/mol. The Morgan fingerprint density at radius 2 is 1.89 bits per heavy atom. The summed E-state index contributed by atoms with van der Waals surface area (Å²) in [5.74, 6) is -4.47. The van der Waals surface area contributed by atoms with Crippen LogP contribution in [0.2, 0.25) is 0 Å². The first-order chi connectivity index (χ1) is 8.50. The first-order valence-corrected chi connectivity index (χ1v) is 5.34. The molecule has 1 heterocycles. The van der Waals surface area contributed by atoms with Gasteiger partial charge in [0.1, 0.15) is 0 Å². The van der Waals surface area contributed by atoms with E-state index in [4.69, 9.17) is 0 Å². The molecule has 0 aliphatic rings. The van der Waals surface area contributed by atoms with Crippen LogP contribution in [0.3, 0.4) is 0 Å². The Morgan fingerprint density at radius 3 is 2.53 bits per heavy atom. The summed E-state index contributed by atoms with van der Waals surface area (Å²) in [6.45, 7) is 0. The smallest absolute Gasteiger partial charge is 0.550 e. The van der Waals surface area contributed by atoms with E-state index < -0.39 is 28.8 Å². The SMILES string of the molecule is O=C([O-])CCCc1[nH]c2ccc(F)c(F)c2c1F.[Na+]. The van der Waals surface area contributed by atoms with E-state index in [1.807, 2.05) is 0 Å². The molecule has 7 heteroatoms. The Hall–Kier alpha value is -0.980. The van der Waals surface area contributed by atoms with Crippen molar-refractivity contribution in [2.75, 3.05) is 0 Å². The van der Waals surface area contributed by atoms with Gasteiger partial charge in [-0.2, -0.15) is 0 Å². The summed E-state index contributed by atoms with van der Waals surface area (Å²) >= 11 is 0. The van der Waals surface area contributed by atoms with Gasteiger partial charge in [-0.1, -0.05) is 0 Å². The quantitative estimate of drug-likeness (QED) is 0.704. The number of fused-ring (bicyclic) bond motifs is 1. The number of aryl methyl sites for hydroxylation is 1. The molecule has 0 atom stereocenters. The maximum Gasteiger partial charge on any atom is 1.00 e. The summed E-state index contributed by atoms with van der Waals surface area (Å²) < 4.78 is 40.1. The van der Waals surface area contributed by atoms with E-state index in [-0.39, 0.29) is 60.0 Å². The van der Waals surface area contributed by atoms with Crippen LogP contribution >= 0.6 is 0 Å². The average molecular weight is 279 g/mol. The number of rotatable bonds is 4. The number of carbonyl (C=O) groups is 1. The van der Waals surface area contributed by atoms with Crippen molar-refractivity contribution in [3.05, 3.63) is 35.3 Å². The molecule has 0 fully saturated rings. The predicted octanol–water partition coefficient (Wildman–Crippen LogP) is -1.34. The zero-order chi connectivity index (χ0) is 13.3. The molecule has 2 aromatic rings. The Labute approximate surface area is 129 Å². The molecule has 1 N–H and O–H groups in total. The molecule has 1 aromatic heterocycles. The number of carboxylic acid groups (broad SMARTS) is 1. The molecule has 0 spiro atoms. The monoisotopic (exact) mass is 279 g/mol. The molecule has 0 saturated heterocycles. The minimum absolute atomic E-state index is 0. The summed E-state index contributed by atoms with van der Waals surface area (Å²) in [7, 11) is 0. The van der Waals surface area contributed by atoms with Crippen LogP contribution in [-0.4, -0.2) is 11.0 Å². The molecule has 96 valence electrons. The first kappa shape index (κ1) is 16.1. The molecule has 0 unspecified atom stereocenters. The summed E-state index contributed by atoms with van der Waals surface area (Å²) in [4.78, 5) is 12.8. The molecular formula is C12H9F3NNaO2. The van der Waals surface area contributed by atoms with Crippen LogP contribution in [0, 0.1) is 17.5 Å². The van der Waals surface area contributed by atoms with E-state index in [2.05, 4.69) is 4.98 Å². The van der Waals surface area contributed by atoms with Gasteiger partial charge in [-0.25, -0.2) is 13.2 Å². The van der Waals surface area contributed by atoms with Crippen LogP contribution in [-0.2, 0) is 11.2 Å². The standard InChI is InChI=1S/C12H10F3NO2.Na/c13-6-4-5-7-10(11(6)14)12(15)8(16-7)2-1-3-9(17)18;/h4-5,16H,1-3H2,(H,17,18);/q;+1/p-1. The number of nitrogens with one attached hydrogen (secondary N) is 1. The number of benzene rings is 1. The molecule has 0 aliphatic carbocycles. The van der Waals surface area contributed by atoms with Gasteiger partial charge in [0.05, 0.1) is 16.6 Å². The van der Waals surface area contributed by atoms with Crippen LogP contribution in [0.15, 0.2) is 12.1 Å². The fourth-order valence-corrected chi connectivity index (χ4v) is 1.82. The molecule has 3 nitrogen and oxygen atoms in total. The van der Waals surface area contributed by atoms with Crippen LogP contribution in [0.4, 0.5) is 13.2 Å². The molecule has 0 aliphatic heterocycles. The first-order valence-electron chi connectivity index (χ1n) is 5.34. The van der Waals surface area contributed by atoms with Crippen molar-refractivity contribution in [2.45, 2.75) is 19.3 Å². The third-order valence-electron chi connectivity index (χ3n) is 2.67. The largest absolute Gasteiger partial charge is 1.00 e. The second-order valence-electron chi connectivity index (χ2n) is 3.93. The van der Waals surface area contributed by atoms with E-state index >= 15 is 0 Å². The van der Waals surface area contributed by atoms with Gasteiger partial charge in [0.25, 0.3) is 0 Å². The number of carbonyl (C=O) groups excluding carboxylic acids is 1. The number of aliphatic carboxylic acids is 1. The van der Waals surface area contributed by atoms with E-state index in [0.29, 0.717) is 0 Å². The molecule has 0 amide bonds. The minimum atomic E-state index is -1.24. The molecule has 19 heavy (non-hydrogen) atoms. The number of H-pyrrole nitrogens is 1. The second kappa shape index (κ2) is 6.45. The second-order valence-corrected chi connectivity index (χ2v) is 3.93. The van der Waals surface area contributed by atoms with Crippen molar-refractivity contribution in [1.29, 1.82) is 0 Å². The maximum atomic E-state index is 13.8. The van der Waals surface area contributed by atoms with E-state index in [1.54, 1.807) is 0 Å².